The van der Waals surface area contributed by atoms with Gasteiger partial charge >= 0.3 is 0 Å². The van der Waals surface area contributed by atoms with Crippen LogP contribution in [0, 0.1) is 6.92 Å². The zero-order chi connectivity index (χ0) is 12.3. The fraction of sp³-hybridized carbons (Fsp3) is 0.308. The first-order chi connectivity index (χ1) is 8.20. The number of methoxy groups -OCH3 is 1. The molecule has 1 aromatic heterocycles. The molecule has 0 aliphatic heterocycles. The molecule has 4 heteroatoms. The van der Waals surface area contributed by atoms with Crippen molar-refractivity contribution < 1.29 is 4.74 Å². The second-order valence-corrected chi connectivity index (χ2v) is 4.09. The van der Waals surface area contributed by atoms with Gasteiger partial charge in [-0.2, -0.15) is 0 Å². The summed E-state index contributed by atoms with van der Waals surface area (Å²) in [5, 5.41) is 0. The molecule has 0 aliphatic carbocycles. The minimum absolute atomic E-state index is 0.559. The fourth-order valence-electron chi connectivity index (χ4n) is 1.78. The van der Waals surface area contributed by atoms with Gasteiger partial charge < -0.3 is 15.0 Å². The molecule has 2 rings (SSSR count). The normalized spacial score (nSPS) is 10.7. The minimum atomic E-state index is 0.559. The molecule has 4 nitrogen and oxygen atoms in total. The topological polar surface area (TPSA) is 53.1 Å². The summed E-state index contributed by atoms with van der Waals surface area (Å²) in [6.45, 7) is 3.40. The van der Waals surface area contributed by atoms with E-state index in [2.05, 4.69) is 29.2 Å². The standard InChI is InChI=1S/C13H17N3O/c1-10-7-15-13(14)16(10)8-11-3-5-12(6-4-11)9-17-2/h3-7H,8-9H2,1-2H3,(H2,14,15). The number of ether oxygens (including phenoxy) is 1. The molecule has 0 radical (unpaired) electrons. The third-order valence-corrected chi connectivity index (χ3v) is 2.76. The van der Waals surface area contributed by atoms with Gasteiger partial charge in [-0.15, -0.1) is 0 Å². The van der Waals surface area contributed by atoms with E-state index < -0.39 is 0 Å². The van der Waals surface area contributed by atoms with E-state index in [1.807, 2.05) is 11.5 Å². The Morgan fingerprint density at radius 3 is 2.41 bits per heavy atom. The first-order valence-corrected chi connectivity index (χ1v) is 5.55. The summed E-state index contributed by atoms with van der Waals surface area (Å²) in [4.78, 5) is 4.08. The Balaban J connectivity index is 2.14. The molecule has 0 amide bonds. The summed E-state index contributed by atoms with van der Waals surface area (Å²) in [7, 11) is 1.70. The molecule has 0 atom stereocenters. The van der Waals surface area contributed by atoms with Gasteiger partial charge in [0.2, 0.25) is 5.95 Å². The molecular formula is C13H17N3O. The number of hydrogen-bond donors (Lipinski definition) is 1. The van der Waals surface area contributed by atoms with Crippen LogP contribution in [0.4, 0.5) is 5.95 Å². The van der Waals surface area contributed by atoms with Gasteiger partial charge in [0.05, 0.1) is 19.3 Å². The third kappa shape index (κ3) is 2.65. The highest BCUT2D eigenvalue weighted by molar-refractivity contribution is 5.27. The highest BCUT2D eigenvalue weighted by Crippen LogP contribution is 2.12. The summed E-state index contributed by atoms with van der Waals surface area (Å²) < 4.78 is 7.07. The maximum absolute atomic E-state index is 5.80. The highest BCUT2D eigenvalue weighted by atomic mass is 16.5. The number of anilines is 1. The Hall–Kier alpha value is -1.81. The Morgan fingerprint density at radius 1 is 1.24 bits per heavy atom. The molecule has 0 aliphatic rings. The molecule has 2 N–H and O–H groups in total. The average molecular weight is 231 g/mol. The Bertz CT molecular complexity index is 468. The van der Waals surface area contributed by atoms with Crippen LogP contribution in [0.1, 0.15) is 16.8 Å². The van der Waals surface area contributed by atoms with Crippen LogP contribution in [0.25, 0.3) is 0 Å². The van der Waals surface area contributed by atoms with Crippen molar-refractivity contribution in [3.8, 4) is 0 Å². The maximum atomic E-state index is 5.80. The van der Waals surface area contributed by atoms with Gasteiger partial charge in [-0.1, -0.05) is 24.3 Å². The molecular weight excluding hydrogens is 214 g/mol. The lowest BCUT2D eigenvalue weighted by Gasteiger charge is -2.08. The zero-order valence-corrected chi connectivity index (χ0v) is 10.2. The number of benzene rings is 1. The number of nitrogens with zero attached hydrogens (tertiary/aromatic N) is 2. The van der Waals surface area contributed by atoms with Crippen LogP contribution in [0.3, 0.4) is 0 Å². The van der Waals surface area contributed by atoms with Crippen LogP contribution in [0.2, 0.25) is 0 Å². The van der Waals surface area contributed by atoms with E-state index in [0.29, 0.717) is 12.6 Å². The van der Waals surface area contributed by atoms with Crippen molar-refractivity contribution in [2.45, 2.75) is 20.1 Å². The predicted molar refractivity (Wildman–Crippen MR) is 67.6 cm³/mol. The molecule has 0 saturated heterocycles. The lowest BCUT2D eigenvalue weighted by atomic mass is 10.1. The van der Waals surface area contributed by atoms with Crippen molar-refractivity contribution in [3.05, 3.63) is 47.3 Å². The van der Waals surface area contributed by atoms with Crippen molar-refractivity contribution in [2.24, 2.45) is 0 Å². The predicted octanol–water partition coefficient (Wildman–Crippen LogP) is 1.97. The maximum Gasteiger partial charge on any atom is 0.200 e. The van der Waals surface area contributed by atoms with E-state index in [1.54, 1.807) is 13.3 Å². The monoisotopic (exact) mass is 231 g/mol. The fourth-order valence-corrected chi connectivity index (χ4v) is 1.78. The van der Waals surface area contributed by atoms with Gasteiger partial charge in [0.1, 0.15) is 0 Å². The molecule has 90 valence electrons. The van der Waals surface area contributed by atoms with Crippen LogP contribution < -0.4 is 5.73 Å². The second-order valence-electron chi connectivity index (χ2n) is 4.09. The summed E-state index contributed by atoms with van der Waals surface area (Å²) in [5.41, 5.74) is 9.25. The molecule has 17 heavy (non-hydrogen) atoms. The lowest BCUT2D eigenvalue weighted by Crippen LogP contribution is -2.06. The van der Waals surface area contributed by atoms with Crippen LogP contribution in [-0.2, 0) is 17.9 Å². The van der Waals surface area contributed by atoms with Gasteiger partial charge in [0, 0.05) is 12.8 Å². The number of aromatic nitrogens is 2. The third-order valence-electron chi connectivity index (χ3n) is 2.76. The van der Waals surface area contributed by atoms with Gasteiger partial charge in [-0.3, -0.25) is 0 Å². The van der Waals surface area contributed by atoms with Gasteiger partial charge in [0.25, 0.3) is 0 Å². The molecule has 1 aromatic carbocycles. The first kappa shape index (κ1) is 11.7. The molecule has 0 saturated carbocycles. The largest absolute Gasteiger partial charge is 0.380 e. The van der Waals surface area contributed by atoms with Crippen LogP contribution >= 0.6 is 0 Å². The number of rotatable bonds is 4. The van der Waals surface area contributed by atoms with Crippen molar-refractivity contribution in [2.75, 3.05) is 12.8 Å². The van der Waals surface area contributed by atoms with Crippen LogP contribution in [-0.4, -0.2) is 16.7 Å². The van der Waals surface area contributed by atoms with Crippen molar-refractivity contribution in [1.29, 1.82) is 0 Å². The zero-order valence-electron chi connectivity index (χ0n) is 10.2. The number of nitrogens with two attached hydrogens (primary N) is 1. The van der Waals surface area contributed by atoms with Gasteiger partial charge in [0.15, 0.2) is 0 Å². The van der Waals surface area contributed by atoms with Gasteiger partial charge in [-0.05, 0) is 18.1 Å². The summed E-state index contributed by atoms with van der Waals surface area (Å²) in [5.74, 6) is 0.559. The Morgan fingerprint density at radius 2 is 1.88 bits per heavy atom. The number of aryl methyl sites for hydroxylation is 1. The summed E-state index contributed by atoms with van der Waals surface area (Å²) in [6.07, 6.45) is 1.79. The minimum Gasteiger partial charge on any atom is -0.380 e. The van der Waals surface area contributed by atoms with E-state index >= 15 is 0 Å². The molecule has 0 bridgehead atoms. The van der Waals surface area contributed by atoms with E-state index in [1.165, 1.54) is 11.1 Å². The Kier molecular flexibility index (Phi) is 3.44. The van der Waals surface area contributed by atoms with E-state index in [-0.39, 0.29) is 0 Å². The molecule has 1 heterocycles. The first-order valence-electron chi connectivity index (χ1n) is 5.55. The van der Waals surface area contributed by atoms with Crippen molar-refractivity contribution in [1.82, 2.24) is 9.55 Å². The van der Waals surface area contributed by atoms with Gasteiger partial charge in [-0.25, -0.2) is 4.98 Å². The number of hydrogen-bond acceptors (Lipinski definition) is 3. The Labute approximate surface area is 101 Å². The molecule has 0 spiro atoms. The molecule has 0 fully saturated rings. The molecule has 0 unspecified atom stereocenters. The van der Waals surface area contributed by atoms with Crippen LogP contribution in [0.5, 0.6) is 0 Å². The van der Waals surface area contributed by atoms with E-state index in [9.17, 15) is 0 Å². The second kappa shape index (κ2) is 5.01. The number of imidazole rings is 1. The summed E-state index contributed by atoms with van der Waals surface area (Å²) >= 11 is 0. The quantitative estimate of drug-likeness (QED) is 0.875. The summed E-state index contributed by atoms with van der Waals surface area (Å²) in [6, 6.07) is 8.32. The highest BCUT2D eigenvalue weighted by Gasteiger charge is 2.03. The van der Waals surface area contributed by atoms with Crippen molar-refractivity contribution in [3.63, 3.8) is 0 Å². The van der Waals surface area contributed by atoms with E-state index in [4.69, 9.17) is 10.5 Å². The average Bonchev–Trinajstić information content (AvgIpc) is 2.64. The van der Waals surface area contributed by atoms with Crippen molar-refractivity contribution >= 4 is 5.95 Å². The SMILES string of the molecule is COCc1ccc(Cn2c(C)cnc2N)cc1. The smallest absolute Gasteiger partial charge is 0.200 e. The number of nitrogen functional groups attached to an aromatic ring is 1. The van der Waals surface area contributed by atoms with Crippen LogP contribution in [0.15, 0.2) is 30.5 Å². The lowest BCUT2D eigenvalue weighted by molar-refractivity contribution is 0.185. The van der Waals surface area contributed by atoms with E-state index in [0.717, 1.165) is 12.2 Å². The molecule has 2 aromatic rings.